The highest BCUT2D eigenvalue weighted by atomic mass is 32.2. The molecule has 2 heterocycles. The van der Waals surface area contributed by atoms with Crippen molar-refractivity contribution >= 4 is 40.0 Å². The Morgan fingerprint density at radius 1 is 0.947 bits per heavy atom. The Morgan fingerprint density at radius 2 is 1.61 bits per heavy atom. The number of fused-ring (bicyclic) bond motifs is 1. The Kier molecular flexibility index (Phi) is 7.89. The Hall–Kier alpha value is -3.91. The molecule has 1 amide bonds. The van der Waals surface area contributed by atoms with Crippen molar-refractivity contribution in [2.45, 2.75) is 13.8 Å². The minimum atomic E-state index is 0.00784. The number of carbonyl (C=O) groups excluding carboxylic acids is 1. The van der Waals surface area contributed by atoms with E-state index in [4.69, 9.17) is 14.5 Å². The summed E-state index contributed by atoms with van der Waals surface area (Å²) in [6, 6.07) is 20.8. The van der Waals surface area contributed by atoms with E-state index >= 15 is 0 Å². The third-order valence-corrected chi connectivity index (χ3v) is 7.32. The summed E-state index contributed by atoms with van der Waals surface area (Å²) in [5.41, 5.74) is 4.07. The van der Waals surface area contributed by atoms with Crippen molar-refractivity contribution in [3.63, 3.8) is 0 Å². The van der Waals surface area contributed by atoms with Crippen LogP contribution in [0.1, 0.15) is 35.3 Å². The summed E-state index contributed by atoms with van der Waals surface area (Å²) >= 11 is 1.88. The van der Waals surface area contributed by atoms with Gasteiger partial charge >= 0.3 is 0 Å². The van der Waals surface area contributed by atoms with Gasteiger partial charge in [-0.25, -0.2) is 4.99 Å². The van der Waals surface area contributed by atoms with Crippen molar-refractivity contribution in [1.82, 2.24) is 9.88 Å². The molecule has 2 N–H and O–H groups in total. The van der Waals surface area contributed by atoms with Gasteiger partial charge in [0.2, 0.25) is 0 Å². The average Bonchev–Trinajstić information content (AvgIpc) is 3.27. The first-order valence-corrected chi connectivity index (χ1v) is 14.0. The molecule has 0 spiro atoms. The van der Waals surface area contributed by atoms with Gasteiger partial charge < -0.3 is 24.5 Å². The van der Waals surface area contributed by atoms with Gasteiger partial charge in [-0.3, -0.25) is 4.79 Å². The smallest absolute Gasteiger partial charge is 0.253 e. The molecule has 1 fully saturated rings. The fourth-order valence-electron chi connectivity index (χ4n) is 4.58. The molecule has 196 valence electrons. The normalized spacial score (nSPS) is 14.1. The lowest BCUT2D eigenvalue weighted by Crippen LogP contribution is -2.37. The second-order valence-electron chi connectivity index (χ2n) is 8.84. The Labute approximate surface area is 226 Å². The molecule has 1 saturated heterocycles. The van der Waals surface area contributed by atoms with Crippen LogP contribution >= 0.6 is 11.8 Å². The maximum Gasteiger partial charge on any atom is 0.253 e. The van der Waals surface area contributed by atoms with Crippen LogP contribution in [0.15, 0.2) is 71.7 Å². The minimum Gasteiger partial charge on any atom is -0.494 e. The van der Waals surface area contributed by atoms with Gasteiger partial charge in [0.15, 0.2) is 17.4 Å². The Bertz CT molecular complexity index is 1440. The van der Waals surface area contributed by atoms with E-state index in [9.17, 15) is 9.90 Å². The van der Waals surface area contributed by atoms with E-state index in [1.807, 2.05) is 97.2 Å². The summed E-state index contributed by atoms with van der Waals surface area (Å²) in [5.74, 6) is 3.22. The summed E-state index contributed by atoms with van der Waals surface area (Å²) in [6.45, 7) is 6.37. The minimum absolute atomic E-state index is 0.00784. The van der Waals surface area contributed by atoms with Gasteiger partial charge in [-0.05, 0) is 44.2 Å². The molecule has 1 aromatic heterocycles. The third-order valence-electron chi connectivity index (χ3n) is 6.38. The molecular formula is C30H31N3O4S. The van der Waals surface area contributed by atoms with Crippen LogP contribution in [0.2, 0.25) is 0 Å². The fourth-order valence-corrected chi connectivity index (χ4v) is 5.48. The molecule has 1 aliphatic heterocycles. The molecule has 0 unspecified atom stereocenters. The molecule has 0 bridgehead atoms. The topological polar surface area (TPSA) is 87.2 Å². The van der Waals surface area contributed by atoms with E-state index in [0.29, 0.717) is 52.8 Å². The molecule has 5 rings (SSSR count). The van der Waals surface area contributed by atoms with Gasteiger partial charge in [-0.15, -0.1) is 0 Å². The number of hydrogen-bond donors (Lipinski definition) is 2. The van der Waals surface area contributed by atoms with Gasteiger partial charge in [0.05, 0.1) is 35.7 Å². The molecule has 3 aromatic carbocycles. The number of aromatic hydroxyl groups is 1. The maximum atomic E-state index is 12.9. The van der Waals surface area contributed by atoms with Crippen LogP contribution < -0.4 is 9.47 Å². The van der Waals surface area contributed by atoms with Crippen LogP contribution in [0.5, 0.6) is 17.4 Å². The van der Waals surface area contributed by atoms with Crippen LogP contribution in [0, 0.1) is 0 Å². The molecule has 4 aromatic rings. The zero-order valence-electron chi connectivity index (χ0n) is 21.6. The van der Waals surface area contributed by atoms with E-state index in [-0.39, 0.29) is 11.8 Å². The lowest BCUT2D eigenvalue weighted by molar-refractivity contribution is 0.0772. The van der Waals surface area contributed by atoms with Gasteiger partial charge in [0.25, 0.3) is 5.91 Å². The van der Waals surface area contributed by atoms with E-state index in [1.165, 1.54) is 0 Å². The first kappa shape index (κ1) is 25.7. The first-order chi connectivity index (χ1) is 18.6. The molecule has 1 aliphatic rings. The van der Waals surface area contributed by atoms with E-state index in [1.54, 1.807) is 0 Å². The first-order valence-electron chi connectivity index (χ1n) is 12.8. The summed E-state index contributed by atoms with van der Waals surface area (Å²) in [4.78, 5) is 22.9. The van der Waals surface area contributed by atoms with Gasteiger partial charge in [-0.1, -0.05) is 30.3 Å². The molecule has 0 aliphatic carbocycles. The lowest BCUT2D eigenvalue weighted by atomic mass is 10.0. The molecule has 0 radical (unpaired) electrons. The van der Waals surface area contributed by atoms with Gasteiger partial charge in [0, 0.05) is 47.2 Å². The summed E-state index contributed by atoms with van der Waals surface area (Å²) in [7, 11) is 0. The number of rotatable bonds is 8. The molecule has 38 heavy (non-hydrogen) atoms. The van der Waals surface area contributed by atoms with Crippen LogP contribution in [-0.4, -0.2) is 64.4 Å². The summed E-state index contributed by atoms with van der Waals surface area (Å²) < 4.78 is 11.6. The summed E-state index contributed by atoms with van der Waals surface area (Å²) in [6.07, 6.45) is 0. The van der Waals surface area contributed by atoms with Gasteiger partial charge in [0.1, 0.15) is 0 Å². The van der Waals surface area contributed by atoms with Crippen LogP contribution in [-0.2, 0) is 0 Å². The Balaban J connectivity index is 1.58. The number of aromatic amines is 1. The number of ether oxygens (including phenoxy) is 2. The molecular weight excluding hydrogens is 498 g/mol. The highest BCUT2D eigenvalue weighted by Crippen LogP contribution is 2.38. The van der Waals surface area contributed by atoms with Crippen molar-refractivity contribution in [3.05, 3.63) is 83.4 Å². The molecule has 7 nitrogen and oxygen atoms in total. The van der Waals surface area contributed by atoms with Crippen LogP contribution in [0.25, 0.3) is 10.9 Å². The van der Waals surface area contributed by atoms with Crippen LogP contribution in [0.3, 0.4) is 0 Å². The predicted molar refractivity (Wildman–Crippen MR) is 154 cm³/mol. The highest BCUT2D eigenvalue weighted by Gasteiger charge is 2.22. The number of benzene rings is 3. The maximum absolute atomic E-state index is 12.9. The third kappa shape index (κ3) is 5.36. The number of aromatic nitrogens is 1. The quantitative estimate of drug-likeness (QED) is 0.272. The number of nitrogens with zero attached hydrogens (tertiary/aromatic N) is 2. The number of thioether (sulfide) groups is 1. The second-order valence-corrected chi connectivity index (χ2v) is 10.1. The van der Waals surface area contributed by atoms with E-state index in [2.05, 4.69) is 4.98 Å². The predicted octanol–water partition coefficient (Wildman–Crippen LogP) is 6.03. The molecule has 8 heteroatoms. The zero-order valence-corrected chi connectivity index (χ0v) is 22.4. The zero-order chi connectivity index (χ0) is 26.5. The lowest BCUT2D eigenvalue weighted by Gasteiger charge is -2.26. The van der Waals surface area contributed by atoms with Crippen molar-refractivity contribution in [3.8, 4) is 17.4 Å². The number of amides is 1. The number of aliphatic imine (C=N–C) groups is 1. The number of nitrogens with one attached hydrogen (secondary N) is 1. The Morgan fingerprint density at radius 3 is 2.26 bits per heavy atom. The fraction of sp³-hybridized carbons (Fsp3) is 0.267. The second kappa shape index (κ2) is 11.6. The number of hydrogen-bond acceptors (Lipinski definition) is 6. The number of carbonyl (C=O) groups is 1. The standard InChI is InChI=1S/C30H31N3O4S/c1-3-36-25-18-23-24(19-26(25)37-4-2)32-29(34)27(23)28(20-8-6-5-7-9-20)31-22-12-10-21(11-13-22)30(35)33-14-16-38-17-15-33/h5-13,18-19,32,34H,3-4,14-17H2,1-2H3. The molecule has 0 atom stereocenters. The van der Waals surface area contributed by atoms with Crippen molar-refractivity contribution < 1.29 is 19.4 Å². The van der Waals surface area contributed by atoms with Gasteiger partial charge in [-0.2, -0.15) is 11.8 Å². The van der Waals surface area contributed by atoms with Crippen molar-refractivity contribution in [2.75, 3.05) is 37.8 Å². The van der Waals surface area contributed by atoms with Crippen molar-refractivity contribution in [2.24, 2.45) is 4.99 Å². The summed E-state index contributed by atoms with van der Waals surface area (Å²) in [5, 5.41) is 11.8. The monoisotopic (exact) mass is 529 g/mol. The average molecular weight is 530 g/mol. The van der Waals surface area contributed by atoms with Crippen LogP contribution in [0.4, 0.5) is 5.69 Å². The highest BCUT2D eigenvalue weighted by molar-refractivity contribution is 7.99. The SMILES string of the molecule is CCOc1cc2[nH]c(O)c(C(=Nc3ccc(C(=O)N4CCSCC4)cc3)c3ccccc3)c2cc1OCC. The van der Waals surface area contributed by atoms with Crippen molar-refractivity contribution in [1.29, 1.82) is 0 Å². The van der Waals surface area contributed by atoms with E-state index in [0.717, 1.165) is 35.5 Å². The largest absolute Gasteiger partial charge is 0.494 e. The van der Waals surface area contributed by atoms with E-state index < -0.39 is 0 Å². The molecule has 0 saturated carbocycles. The number of H-pyrrole nitrogens is 1.